The molecule has 0 aliphatic rings. The van der Waals surface area contributed by atoms with Crippen molar-refractivity contribution in [3.8, 4) is 22.5 Å². The molecule has 0 aliphatic heterocycles. The fourth-order valence-electron chi connectivity index (χ4n) is 3.16. The third-order valence-electron chi connectivity index (χ3n) is 4.44. The zero-order valence-corrected chi connectivity index (χ0v) is 14.5. The highest BCUT2D eigenvalue weighted by Crippen LogP contribution is 2.33. The van der Waals surface area contributed by atoms with Gasteiger partial charge < -0.3 is 4.98 Å². The summed E-state index contributed by atoms with van der Waals surface area (Å²) in [4.78, 5) is 25.1. The molecular formula is C21H13N3OS. The van der Waals surface area contributed by atoms with Gasteiger partial charge in [-0.25, -0.2) is 4.98 Å². The van der Waals surface area contributed by atoms with E-state index in [4.69, 9.17) is 0 Å². The van der Waals surface area contributed by atoms with Crippen molar-refractivity contribution in [2.75, 3.05) is 0 Å². The number of aromatic amines is 1. The standard InChI is InChI=1S/C21H13N3OS/c25-20-18-17(15-8-7-13-4-1-2-5-14(13)10-15)12-26-21(18)24-19(23-20)16-6-3-9-22-11-16/h1-12H,(H,23,24,25). The summed E-state index contributed by atoms with van der Waals surface area (Å²) in [5.74, 6) is 0.544. The van der Waals surface area contributed by atoms with Gasteiger partial charge in [-0.05, 0) is 34.5 Å². The molecule has 5 rings (SSSR count). The Labute approximate surface area is 152 Å². The Morgan fingerprint density at radius 3 is 2.65 bits per heavy atom. The summed E-state index contributed by atoms with van der Waals surface area (Å²) in [6.45, 7) is 0. The SMILES string of the molecule is O=c1[nH]c(-c2cccnc2)nc2scc(-c3ccc4ccccc4c3)c12. The second-order valence-electron chi connectivity index (χ2n) is 6.05. The lowest BCUT2D eigenvalue weighted by atomic mass is 10.0. The van der Waals surface area contributed by atoms with Crippen molar-refractivity contribution in [2.24, 2.45) is 0 Å². The third kappa shape index (κ3) is 2.41. The summed E-state index contributed by atoms with van der Waals surface area (Å²) < 4.78 is 0. The molecule has 3 heterocycles. The van der Waals surface area contributed by atoms with E-state index in [1.807, 2.05) is 29.6 Å². The Hall–Kier alpha value is -3.31. The number of H-pyrrole nitrogens is 1. The molecule has 0 unspecified atom stereocenters. The molecule has 5 aromatic rings. The second kappa shape index (κ2) is 5.89. The van der Waals surface area contributed by atoms with Gasteiger partial charge >= 0.3 is 0 Å². The van der Waals surface area contributed by atoms with Crippen LogP contribution in [0.15, 0.2) is 77.2 Å². The van der Waals surface area contributed by atoms with E-state index in [-0.39, 0.29) is 5.56 Å². The fraction of sp³-hybridized carbons (Fsp3) is 0. The summed E-state index contributed by atoms with van der Waals surface area (Å²) >= 11 is 1.49. The van der Waals surface area contributed by atoms with Gasteiger partial charge in [0.05, 0.1) is 5.39 Å². The molecule has 2 aromatic carbocycles. The van der Waals surface area contributed by atoms with Crippen LogP contribution >= 0.6 is 11.3 Å². The maximum atomic E-state index is 12.8. The van der Waals surface area contributed by atoms with Crippen LogP contribution in [0.1, 0.15) is 0 Å². The Balaban J connectivity index is 1.71. The molecule has 0 bridgehead atoms. The van der Waals surface area contributed by atoms with Crippen molar-refractivity contribution in [1.29, 1.82) is 0 Å². The Bertz CT molecular complexity index is 1310. The maximum Gasteiger partial charge on any atom is 0.260 e. The van der Waals surface area contributed by atoms with Gasteiger partial charge in [0, 0.05) is 28.9 Å². The van der Waals surface area contributed by atoms with Gasteiger partial charge in [0.25, 0.3) is 5.56 Å². The summed E-state index contributed by atoms with van der Waals surface area (Å²) in [5.41, 5.74) is 2.61. The largest absolute Gasteiger partial charge is 0.306 e. The molecule has 0 saturated carbocycles. The second-order valence-corrected chi connectivity index (χ2v) is 6.91. The number of rotatable bonds is 2. The summed E-state index contributed by atoms with van der Waals surface area (Å²) in [6, 6.07) is 18.2. The van der Waals surface area contributed by atoms with Crippen LogP contribution in [0.2, 0.25) is 0 Å². The van der Waals surface area contributed by atoms with Crippen LogP contribution < -0.4 is 5.56 Å². The lowest BCUT2D eigenvalue weighted by molar-refractivity contribution is 1.17. The quantitative estimate of drug-likeness (QED) is 0.492. The molecule has 0 fully saturated rings. The number of hydrogen-bond donors (Lipinski definition) is 1. The fourth-order valence-corrected chi connectivity index (χ4v) is 4.11. The van der Waals surface area contributed by atoms with E-state index < -0.39 is 0 Å². The van der Waals surface area contributed by atoms with E-state index in [0.717, 1.165) is 26.9 Å². The highest BCUT2D eigenvalue weighted by atomic mass is 32.1. The van der Waals surface area contributed by atoms with E-state index in [9.17, 15) is 4.79 Å². The van der Waals surface area contributed by atoms with Crippen molar-refractivity contribution in [3.63, 3.8) is 0 Å². The lowest BCUT2D eigenvalue weighted by Crippen LogP contribution is -2.09. The first-order valence-corrected chi connectivity index (χ1v) is 9.09. The summed E-state index contributed by atoms with van der Waals surface area (Å²) in [5, 5.41) is 4.98. The van der Waals surface area contributed by atoms with E-state index in [1.54, 1.807) is 12.4 Å². The summed E-state index contributed by atoms with van der Waals surface area (Å²) in [7, 11) is 0. The predicted octanol–water partition coefficient (Wildman–Crippen LogP) is 4.87. The van der Waals surface area contributed by atoms with Gasteiger partial charge in [-0.2, -0.15) is 0 Å². The van der Waals surface area contributed by atoms with Crippen LogP contribution in [0.25, 0.3) is 43.5 Å². The molecule has 1 N–H and O–H groups in total. The normalized spacial score (nSPS) is 11.2. The number of hydrogen-bond acceptors (Lipinski definition) is 4. The van der Waals surface area contributed by atoms with Crippen LogP contribution in [0.3, 0.4) is 0 Å². The molecule has 0 radical (unpaired) electrons. The zero-order valence-electron chi connectivity index (χ0n) is 13.6. The van der Waals surface area contributed by atoms with E-state index >= 15 is 0 Å². The molecule has 124 valence electrons. The first kappa shape index (κ1) is 15.0. The number of aromatic nitrogens is 3. The van der Waals surface area contributed by atoms with Crippen molar-refractivity contribution in [3.05, 3.63) is 82.7 Å². The number of nitrogens with one attached hydrogen (secondary N) is 1. The molecule has 3 aromatic heterocycles. The van der Waals surface area contributed by atoms with Crippen LogP contribution in [-0.4, -0.2) is 15.0 Å². The Kier molecular flexibility index (Phi) is 3.40. The van der Waals surface area contributed by atoms with Crippen LogP contribution in [-0.2, 0) is 0 Å². The van der Waals surface area contributed by atoms with E-state index in [1.165, 1.54) is 16.7 Å². The van der Waals surface area contributed by atoms with Gasteiger partial charge in [-0.3, -0.25) is 9.78 Å². The molecule has 0 atom stereocenters. The molecule has 0 spiro atoms. The smallest absolute Gasteiger partial charge is 0.260 e. The van der Waals surface area contributed by atoms with Crippen LogP contribution in [0, 0.1) is 0 Å². The van der Waals surface area contributed by atoms with E-state index in [0.29, 0.717) is 11.2 Å². The number of nitrogens with zero attached hydrogens (tertiary/aromatic N) is 2. The van der Waals surface area contributed by atoms with Crippen LogP contribution in [0.4, 0.5) is 0 Å². The minimum Gasteiger partial charge on any atom is -0.306 e. The number of pyridine rings is 1. The molecule has 4 nitrogen and oxygen atoms in total. The minimum absolute atomic E-state index is 0.127. The van der Waals surface area contributed by atoms with Crippen molar-refractivity contribution >= 4 is 32.3 Å². The average molecular weight is 355 g/mol. The third-order valence-corrected chi connectivity index (χ3v) is 5.31. The monoisotopic (exact) mass is 355 g/mol. The van der Waals surface area contributed by atoms with Gasteiger partial charge in [-0.15, -0.1) is 11.3 Å². The average Bonchev–Trinajstić information content (AvgIpc) is 3.13. The summed E-state index contributed by atoms with van der Waals surface area (Å²) in [6.07, 6.45) is 3.39. The number of thiophene rings is 1. The lowest BCUT2D eigenvalue weighted by Gasteiger charge is -2.04. The number of benzene rings is 2. The minimum atomic E-state index is -0.127. The van der Waals surface area contributed by atoms with Crippen molar-refractivity contribution in [2.45, 2.75) is 0 Å². The highest BCUT2D eigenvalue weighted by molar-refractivity contribution is 7.17. The number of fused-ring (bicyclic) bond motifs is 2. The van der Waals surface area contributed by atoms with Gasteiger partial charge in [0.2, 0.25) is 0 Å². The van der Waals surface area contributed by atoms with Crippen LogP contribution in [0.5, 0.6) is 0 Å². The molecule has 0 amide bonds. The predicted molar refractivity (Wildman–Crippen MR) is 106 cm³/mol. The Morgan fingerprint density at radius 1 is 0.923 bits per heavy atom. The first-order valence-electron chi connectivity index (χ1n) is 8.21. The van der Waals surface area contributed by atoms with Gasteiger partial charge in [-0.1, -0.05) is 36.4 Å². The maximum absolute atomic E-state index is 12.8. The Morgan fingerprint density at radius 2 is 1.81 bits per heavy atom. The van der Waals surface area contributed by atoms with Crippen molar-refractivity contribution < 1.29 is 0 Å². The first-order chi connectivity index (χ1) is 12.8. The van der Waals surface area contributed by atoms with Crippen molar-refractivity contribution in [1.82, 2.24) is 15.0 Å². The highest BCUT2D eigenvalue weighted by Gasteiger charge is 2.14. The topological polar surface area (TPSA) is 58.6 Å². The van der Waals surface area contributed by atoms with E-state index in [2.05, 4.69) is 45.3 Å². The zero-order chi connectivity index (χ0) is 17.5. The van der Waals surface area contributed by atoms with Gasteiger partial charge in [0.1, 0.15) is 10.7 Å². The molecule has 26 heavy (non-hydrogen) atoms. The molecule has 0 aliphatic carbocycles. The molecule has 0 saturated heterocycles. The van der Waals surface area contributed by atoms with Gasteiger partial charge in [0.15, 0.2) is 0 Å². The molecule has 5 heteroatoms. The molecular weight excluding hydrogens is 342 g/mol.